The van der Waals surface area contributed by atoms with Crippen molar-refractivity contribution in [2.24, 2.45) is 0 Å². The minimum absolute atomic E-state index is 0.0473. The first-order valence-electron chi connectivity index (χ1n) is 6.62. The fourth-order valence-electron chi connectivity index (χ4n) is 1.57. The molecule has 0 aliphatic rings. The second kappa shape index (κ2) is 8.58. The Morgan fingerprint density at radius 2 is 1.36 bits per heavy atom. The highest BCUT2D eigenvalue weighted by molar-refractivity contribution is 6.36. The summed E-state index contributed by atoms with van der Waals surface area (Å²) in [7, 11) is 0. The first-order valence-corrected chi connectivity index (χ1v) is 7.00. The van der Waals surface area contributed by atoms with Gasteiger partial charge in [-0.25, -0.2) is 9.59 Å². The topological polar surface area (TPSA) is 176 Å². The smallest absolute Gasteiger partial charge is 0.412 e. The van der Waals surface area contributed by atoms with Crippen LogP contribution in [0.3, 0.4) is 0 Å². The minimum Gasteiger partial charge on any atom is -0.450 e. The molecule has 25 heavy (non-hydrogen) atoms. The summed E-state index contributed by atoms with van der Waals surface area (Å²) in [5.74, 6) is -1.49. The second-order valence-corrected chi connectivity index (χ2v) is 4.40. The van der Waals surface area contributed by atoms with E-state index in [4.69, 9.17) is 11.6 Å². The van der Waals surface area contributed by atoms with E-state index in [1.807, 2.05) is 10.6 Å². The molecule has 2 amide bonds. The lowest BCUT2D eigenvalue weighted by Gasteiger charge is -2.10. The van der Waals surface area contributed by atoms with Crippen molar-refractivity contribution in [1.82, 2.24) is 4.98 Å². The number of ether oxygens (including phenoxy) is 2. The van der Waals surface area contributed by atoms with Crippen LogP contribution in [-0.2, 0) is 9.47 Å². The molecule has 1 rings (SSSR count). The van der Waals surface area contributed by atoms with Crippen LogP contribution in [-0.4, -0.2) is 40.2 Å². The quantitative estimate of drug-likeness (QED) is 0.557. The molecule has 0 aliphatic heterocycles. The van der Waals surface area contributed by atoms with Crippen LogP contribution in [0.25, 0.3) is 0 Å². The zero-order chi connectivity index (χ0) is 19.1. The van der Waals surface area contributed by atoms with Crippen molar-refractivity contribution in [3.63, 3.8) is 0 Å². The number of hydrogen-bond acceptors (Lipinski definition) is 9. The summed E-state index contributed by atoms with van der Waals surface area (Å²) in [6.45, 7) is 2.87. The number of nitro groups is 2. The summed E-state index contributed by atoms with van der Waals surface area (Å²) in [4.78, 5) is 46.6. The minimum atomic E-state index is -1.11. The third-order valence-corrected chi connectivity index (χ3v) is 2.80. The number of amides is 2. The molecule has 0 aliphatic carbocycles. The summed E-state index contributed by atoms with van der Waals surface area (Å²) < 4.78 is 9.11. The highest BCUT2D eigenvalue weighted by Gasteiger charge is 2.35. The van der Waals surface area contributed by atoms with E-state index in [0.717, 1.165) is 0 Å². The standard InChI is InChI=1S/C11H12ClN5O8/c1-3-24-10(18)14-8-6(16(20)21)5(12)7(17(22)23)9(13-8)15-11(19)25-4-2/h3-4H2,1-2H3,(H2,13,14,15,18,19). The Morgan fingerprint density at radius 1 is 1.00 bits per heavy atom. The molecule has 2 N–H and O–H groups in total. The van der Waals surface area contributed by atoms with Gasteiger partial charge < -0.3 is 9.47 Å². The fourth-order valence-corrected chi connectivity index (χ4v) is 1.89. The van der Waals surface area contributed by atoms with Gasteiger partial charge in [-0.15, -0.1) is 0 Å². The van der Waals surface area contributed by atoms with Gasteiger partial charge >= 0.3 is 23.6 Å². The van der Waals surface area contributed by atoms with Crippen LogP contribution in [0.15, 0.2) is 0 Å². The number of nitrogens with one attached hydrogen (secondary N) is 2. The zero-order valence-electron chi connectivity index (χ0n) is 12.9. The molecule has 14 heteroatoms. The van der Waals surface area contributed by atoms with Crippen LogP contribution in [0, 0.1) is 20.2 Å². The van der Waals surface area contributed by atoms with Gasteiger partial charge in [-0.3, -0.25) is 30.9 Å². The first kappa shape index (κ1) is 19.8. The van der Waals surface area contributed by atoms with E-state index in [2.05, 4.69) is 14.5 Å². The van der Waals surface area contributed by atoms with Gasteiger partial charge in [0.05, 0.1) is 23.1 Å². The molecule has 1 aromatic rings. The second-order valence-electron chi connectivity index (χ2n) is 4.03. The molecule has 0 unspecified atom stereocenters. The molecule has 1 heterocycles. The predicted octanol–water partition coefficient (Wildman–Crippen LogP) is 2.69. The number of rotatable bonds is 6. The van der Waals surface area contributed by atoms with Gasteiger partial charge in [0, 0.05) is 0 Å². The van der Waals surface area contributed by atoms with E-state index in [-0.39, 0.29) is 13.2 Å². The number of carbonyl (C=O) groups excluding carboxylic acids is 2. The largest absolute Gasteiger partial charge is 0.450 e. The van der Waals surface area contributed by atoms with Crippen molar-refractivity contribution in [3.8, 4) is 0 Å². The Balaban J connectivity index is 3.51. The first-order chi connectivity index (χ1) is 11.7. The third-order valence-electron chi connectivity index (χ3n) is 2.44. The lowest BCUT2D eigenvalue weighted by molar-refractivity contribution is -0.393. The molecule has 0 aromatic carbocycles. The van der Waals surface area contributed by atoms with Crippen molar-refractivity contribution < 1.29 is 28.9 Å². The number of carbonyl (C=O) groups is 2. The summed E-state index contributed by atoms with van der Waals surface area (Å²) in [5, 5.41) is 25.2. The Bertz CT molecular complexity index is 669. The van der Waals surface area contributed by atoms with Crippen LogP contribution in [0.4, 0.5) is 32.6 Å². The van der Waals surface area contributed by atoms with Gasteiger partial charge in [0.2, 0.25) is 16.7 Å². The summed E-state index contributed by atoms with van der Waals surface area (Å²) >= 11 is 5.72. The van der Waals surface area contributed by atoms with Crippen LogP contribution >= 0.6 is 11.6 Å². The van der Waals surface area contributed by atoms with Gasteiger partial charge in [-0.2, -0.15) is 4.98 Å². The number of aromatic nitrogens is 1. The monoisotopic (exact) mass is 377 g/mol. The fraction of sp³-hybridized carbons (Fsp3) is 0.364. The van der Waals surface area contributed by atoms with Crippen molar-refractivity contribution in [2.75, 3.05) is 23.8 Å². The molecule has 1 aromatic heterocycles. The Labute approximate surface area is 144 Å². The van der Waals surface area contributed by atoms with E-state index in [1.54, 1.807) is 0 Å². The average Bonchev–Trinajstić information content (AvgIpc) is 2.46. The average molecular weight is 378 g/mol. The molecule has 0 fully saturated rings. The molecule has 136 valence electrons. The van der Waals surface area contributed by atoms with Gasteiger partial charge in [0.25, 0.3) is 0 Å². The number of hydrogen-bond donors (Lipinski definition) is 2. The third kappa shape index (κ3) is 4.87. The molecular weight excluding hydrogens is 366 g/mol. The number of pyridine rings is 1. The molecule has 0 radical (unpaired) electrons. The van der Waals surface area contributed by atoms with Crippen molar-refractivity contribution >= 4 is 46.8 Å². The van der Waals surface area contributed by atoms with Crippen molar-refractivity contribution in [1.29, 1.82) is 0 Å². The highest BCUT2D eigenvalue weighted by atomic mass is 35.5. The van der Waals surface area contributed by atoms with Gasteiger partial charge in [-0.05, 0) is 13.8 Å². The SMILES string of the molecule is CCOC(=O)Nc1nc(NC(=O)OCC)c([N+](=O)[O-])c(Cl)c1[N+](=O)[O-]. The zero-order valence-corrected chi connectivity index (χ0v) is 13.7. The van der Waals surface area contributed by atoms with Crippen molar-refractivity contribution in [2.45, 2.75) is 13.8 Å². The van der Waals surface area contributed by atoms with Gasteiger partial charge in [0.15, 0.2) is 0 Å². The maximum atomic E-state index is 11.5. The molecule has 0 atom stereocenters. The lowest BCUT2D eigenvalue weighted by Crippen LogP contribution is -2.19. The highest BCUT2D eigenvalue weighted by Crippen LogP contribution is 2.42. The van der Waals surface area contributed by atoms with Crippen LogP contribution < -0.4 is 10.6 Å². The van der Waals surface area contributed by atoms with Gasteiger partial charge in [-0.1, -0.05) is 11.6 Å². The van der Waals surface area contributed by atoms with Gasteiger partial charge in [0.1, 0.15) is 0 Å². The number of nitrogens with zero attached hydrogens (tertiary/aromatic N) is 3. The summed E-state index contributed by atoms with van der Waals surface area (Å²) in [6.07, 6.45) is -2.21. The number of anilines is 2. The Morgan fingerprint density at radius 3 is 1.64 bits per heavy atom. The molecule has 0 spiro atoms. The maximum absolute atomic E-state index is 11.5. The number of halogens is 1. The molecular formula is C11H12ClN5O8. The Kier molecular flexibility index (Phi) is 6.81. The molecule has 0 bridgehead atoms. The predicted molar refractivity (Wildman–Crippen MR) is 83.8 cm³/mol. The molecule has 0 saturated carbocycles. The Hall–Kier alpha value is -3.22. The van der Waals surface area contributed by atoms with E-state index in [1.165, 1.54) is 13.8 Å². The summed E-state index contributed by atoms with van der Waals surface area (Å²) in [6, 6.07) is 0. The lowest BCUT2D eigenvalue weighted by atomic mass is 10.3. The van der Waals surface area contributed by atoms with Crippen LogP contribution in [0.1, 0.15) is 13.8 Å². The molecule has 13 nitrogen and oxygen atoms in total. The van der Waals surface area contributed by atoms with Crippen LogP contribution in [0.5, 0.6) is 0 Å². The van der Waals surface area contributed by atoms with E-state index < -0.39 is 50.1 Å². The summed E-state index contributed by atoms with van der Waals surface area (Å²) in [5.41, 5.74) is -2.06. The van der Waals surface area contributed by atoms with E-state index in [0.29, 0.717) is 0 Å². The maximum Gasteiger partial charge on any atom is 0.412 e. The molecule has 0 saturated heterocycles. The van der Waals surface area contributed by atoms with E-state index in [9.17, 15) is 29.8 Å². The van der Waals surface area contributed by atoms with Crippen LogP contribution in [0.2, 0.25) is 5.02 Å². The normalized spacial score (nSPS) is 9.88. The van der Waals surface area contributed by atoms with Crippen molar-refractivity contribution in [3.05, 3.63) is 25.3 Å². The van der Waals surface area contributed by atoms with E-state index >= 15 is 0 Å².